The van der Waals surface area contributed by atoms with Gasteiger partial charge in [-0.2, -0.15) is 5.10 Å². The molecule has 0 saturated heterocycles. The molecule has 7 heteroatoms. The fraction of sp³-hybridized carbons (Fsp3) is 0.125. The lowest BCUT2D eigenvalue weighted by Gasteiger charge is -2.10. The monoisotopic (exact) mass is 417 g/mol. The summed E-state index contributed by atoms with van der Waals surface area (Å²) in [5, 5.41) is 6.35. The van der Waals surface area contributed by atoms with Crippen LogP contribution in [-0.4, -0.2) is 25.1 Å². The fourth-order valence-corrected chi connectivity index (χ4v) is 2.71. The van der Waals surface area contributed by atoms with Gasteiger partial charge in [-0.25, -0.2) is 5.43 Å². The highest BCUT2D eigenvalue weighted by molar-refractivity contribution is 6.39. The molecule has 0 bridgehead atoms. The maximum absolute atomic E-state index is 12.1. The van der Waals surface area contributed by atoms with E-state index in [9.17, 15) is 9.59 Å². The number of carbonyl (C=O) groups excluding carboxylic acids is 2. The van der Waals surface area contributed by atoms with Gasteiger partial charge < -0.3 is 14.8 Å². The van der Waals surface area contributed by atoms with E-state index < -0.39 is 11.8 Å². The second kappa shape index (κ2) is 10.6. The van der Waals surface area contributed by atoms with Crippen LogP contribution in [0.3, 0.4) is 0 Å². The van der Waals surface area contributed by atoms with Crippen molar-refractivity contribution in [3.8, 4) is 11.5 Å². The highest BCUT2D eigenvalue weighted by atomic mass is 16.5. The lowest BCUT2D eigenvalue weighted by Crippen LogP contribution is -2.32. The third-order valence-corrected chi connectivity index (χ3v) is 4.32. The number of hydrazone groups is 1. The quantitative estimate of drug-likeness (QED) is 0.349. The Morgan fingerprint density at radius 1 is 0.968 bits per heavy atom. The Kier molecular flexibility index (Phi) is 7.37. The molecule has 31 heavy (non-hydrogen) atoms. The summed E-state index contributed by atoms with van der Waals surface area (Å²) in [6.45, 7) is 2.35. The average molecular weight is 417 g/mol. The van der Waals surface area contributed by atoms with Gasteiger partial charge in [0.25, 0.3) is 0 Å². The average Bonchev–Trinajstić information content (AvgIpc) is 2.79. The molecule has 2 N–H and O–H groups in total. The Balaban J connectivity index is 1.50. The Morgan fingerprint density at radius 3 is 2.42 bits per heavy atom. The summed E-state index contributed by atoms with van der Waals surface area (Å²) in [5.41, 5.74) is 5.37. The summed E-state index contributed by atoms with van der Waals surface area (Å²) in [5.74, 6) is -0.547. The van der Waals surface area contributed by atoms with Crippen molar-refractivity contribution in [1.82, 2.24) is 5.43 Å². The van der Waals surface area contributed by atoms with Crippen LogP contribution in [0.1, 0.15) is 16.7 Å². The van der Waals surface area contributed by atoms with Gasteiger partial charge in [0, 0.05) is 0 Å². The highest BCUT2D eigenvalue weighted by Gasteiger charge is 2.15. The molecule has 0 radical (unpaired) electrons. The normalized spacial score (nSPS) is 10.5. The van der Waals surface area contributed by atoms with Crippen molar-refractivity contribution in [3.63, 3.8) is 0 Å². The molecule has 0 fully saturated rings. The van der Waals surface area contributed by atoms with Crippen molar-refractivity contribution in [1.29, 1.82) is 0 Å². The van der Waals surface area contributed by atoms with Crippen molar-refractivity contribution in [2.75, 3.05) is 12.4 Å². The molecule has 0 aliphatic carbocycles. The van der Waals surface area contributed by atoms with Crippen molar-refractivity contribution in [3.05, 3.63) is 89.5 Å². The zero-order valence-electron chi connectivity index (χ0n) is 17.3. The molecular weight excluding hydrogens is 394 g/mol. The number of methoxy groups -OCH3 is 1. The number of nitrogens with one attached hydrogen (secondary N) is 2. The Hall–Kier alpha value is -4.13. The van der Waals surface area contributed by atoms with Crippen LogP contribution >= 0.6 is 0 Å². The molecule has 0 atom stereocenters. The summed E-state index contributed by atoms with van der Waals surface area (Å²) in [6, 6.07) is 22.4. The van der Waals surface area contributed by atoms with E-state index in [1.54, 1.807) is 24.3 Å². The number of amides is 2. The molecule has 7 nitrogen and oxygen atoms in total. The van der Waals surface area contributed by atoms with Crippen LogP contribution in [0.2, 0.25) is 0 Å². The van der Waals surface area contributed by atoms with Crippen molar-refractivity contribution >= 4 is 23.7 Å². The minimum atomic E-state index is -0.886. The molecule has 3 rings (SSSR count). The van der Waals surface area contributed by atoms with Gasteiger partial charge in [-0.1, -0.05) is 36.4 Å². The van der Waals surface area contributed by atoms with Crippen LogP contribution in [0.5, 0.6) is 11.5 Å². The SMILES string of the molecule is COc1ccc(C)cc1NC(=O)C(=O)N/N=C\c1ccc(OCc2ccccc2)cc1. The summed E-state index contributed by atoms with van der Waals surface area (Å²) >= 11 is 0. The van der Waals surface area contributed by atoms with Gasteiger partial charge in [0.1, 0.15) is 18.1 Å². The third-order valence-electron chi connectivity index (χ3n) is 4.32. The summed E-state index contributed by atoms with van der Waals surface area (Å²) in [6.07, 6.45) is 1.44. The first-order valence-corrected chi connectivity index (χ1v) is 9.61. The number of benzene rings is 3. The number of carbonyl (C=O) groups is 2. The van der Waals surface area contributed by atoms with E-state index in [1.807, 2.05) is 55.5 Å². The molecule has 158 valence electrons. The van der Waals surface area contributed by atoms with E-state index in [4.69, 9.17) is 9.47 Å². The fourth-order valence-electron chi connectivity index (χ4n) is 2.71. The predicted octanol–water partition coefficient (Wildman–Crippen LogP) is 3.67. The molecule has 3 aromatic rings. The van der Waals surface area contributed by atoms with E-state index in [0.29, 0.717) is 18.0 Å². The number of hydrogen-bond donors (Lipinski definition) is 2. The standard InChI is InChI=1S/C24H23N3O4/c1-17-8-13-22(30-2)21(14-17)26-23(28)24(29)27-25-15-18-9-11-20(12-10-18)31-16-19-6-4-3-5-7-19/h3-15H,16H2,1-2H3,(H,26,28)(H,27,29)/b25-15-. The van der Waals surface area contributed by atoms with E-state index in [1.165, 1.54) is 13.3 Å². The second-order valence-electron chi connectivity index (χ2n) is 6.70. The van der Waals surface area contributed by atoms with E-state index in [0.717, 1.165) is 22.4 Å². The lowest BCUT2D eigenvalue weighted by molar-refractivity contribution is -0.136. The van der Waals surface area contributed by atoms with E-state index in [2.05, 4.69) is 15.8 Å². The molecule has 0 heterocycles. The lowest BCUT2D eigenvalue weighted by atomic mass is 10.2. The Morgan fingerprint density at radius 2 is 1.71 bits per heavy atom. The van der Waals surface area contributed by atoms with Crippen LogP contribution < -0.4 is 20.2 Å². The van der Waals surface area contributed by atoms with Crippen LogP contribution in [-0.2, 0) is 16.2 Å². The van der Waals surface area contributed by atoms with Crippen LogP contribution in [0, 0.1) is 6.92 Å². The van der Waals surface area contributed by atoms with E-state index >= 15 is 0 Å². The summed E-state index contributed by atoms with van der Waals surface area (Å²) in [7, 11) is 1.49. The summed E-state index contributed by atoms with van der Waals surface area (Å²) < 4.78 is 10.9. The maximum Gasteiger partial charge on any atom is 0.329 e. The van der Waals surface area contributed by atoms with Gasteiger partial charge in [-0.15, -0.1) is 0 Å². The minimum Gasteiger partial charge on any atom is -0.495 e. The Labute approximate surface area is 180 Å². The summed E-state index contributed by atoms with van der Waals surface area (Å²) in [4.78, 5) is 24.1. The van der Waals surface area contributed by atoms with Crippen LogP contribution in [0.25, 0.3) is 0 Å². The molecule has 3 aromatic carbocycles. The number of ether oxygens (including phenoxy) is 2. The maximum atomic E-state index is 12.1. The number of anilines is 1. The third kappa shape index (κ3) is 6.43. The van der Waals surface area contributed by atoms with Gasteiger partial charge >= 0.3 is 11.8 Å². The smallest absolute Gasteiger partial charge is 0.329 e. The first-order valence-electron chi connectivity index (χ1n) is 9.61. The largest absolute Gasteiger partial charge is 0.495 e. The van der Waals surface area contributed by atoms with Gasteiger partial charge in [-0.05, 0) is 60.0 Å². The zero-order valence-corrected chi connectivity index (χ0v) is 17.3. The van der Waals surface area contributed by atoms with Crippen molar-refractivity contribution < 1.29 is 19.1 Å². The highest BCUT2D eigenvalue weighted by Crippen LogP contribution is 2.25. The Bertz CT molecular complexity index is 1060. The number of nitrogens with zero attached hydrogens (tertiary/aromatic N) is 1. The molecule has 0 unspecified atom stereocenters. The molecule has 2 amide bonds. The van der Waals surface area contributed by atoms with Gasteiger partial charge in [0.15, 0.2) is 0 Å². The van der Waals surface area contributed by atoms with Gasteiger partial charge in [-0.3, -0.25) is 9.59 Å². The molecule has 0 spiro atoms. The van der Waals surface area contributed by atoms with Gasteiger partial charge in [0.2, 0.25) is 0 Å². The molecular formula is C24H23N3O4. The van der Waals surface area contributed by atoms with Crippen molar-refractivity contribution in [2.24, 2.45) is 5.10 Å². The molecule has 0 aliphatic rings. The number of hydrogen-bond acceptors (Lipinski definition) is 5. The van der Waals surface area contributed by atoms with Crippen LogP contribution in [0.4, 0.5) is 5.69 Å². The van der Waals surface area contributed by atoms with Crippen molar-refractivity contribution in [2.45, 2.75) is 13.5 Å². The zero-order chi connectivity index (χ0) is 22.1. The predicted molar refractivity (Wildman–Crippen MR) is 119 cm³/mol. The number of rotatable bonds is 7. The first-order chi connectivity index (χ1) is 15.0. The minimum absolute atomic E-state index is 0.415. The molecule has 0 saturated carbocycles. The second-order valence-corrected chi connectivity index (χ2v) is 6.70. The first kappa shape index (κ1) is 21.6. The number of aryl methyl sites for hydroxylation is 1. The topological polar surface area (TPSA) is 89.0 Å². The molecule has 0 aliphatic heterocycles. The molecule has 0 aromatic heterocycles. The van der Waals surface area contributed by atoms with E-state index in [-0.39, 0.29) is 0 Å². The van der Waals surface area contributed by atoms with Gasteiger partial charge in [0.05, 0.1) is 19.0 Å². The van der Waals surface area contributed by atoms with Crippen LogP contribution in [0.15, 0.2) is 77.9 Å².